The van der Waals surface area contributed by atoms with Crippen molar-refractivity contribution in [2.45, 2.75) is 43.2 Å². The number of nitrogens with zero attached hydrogens (tertiary/aromatic N) is 2. The summed E-state index contributed by atoms with van der Waals surface area (Å²) in [6.07, 6.45) is 6.69. The summed E-state index contributed by atoms with van der Waals surface area (Å²) in [6, 6.07) is 6.61. The van der Waals surface area contributed by atoms with Crippen molar-refractivity contribution in [3.05, 3.63) is 29.3 Å². The van der Waals surface area contributed by atoms with Crippen LogP contribution in [-0.4, -0.2) is 37.3 Å². The van der Waals surface area contributed by atoms with E-state index in [0.29, 0.717) is 0 Å². The molecule has 2 fully saturated rings. The monoisotopic (exact) mass is 284 g/mol. The van der Waals surface area contributed by atoms with Crippen LogP contribution in [0.15, 0.2) is 18.2 Å². The van der Waals surface area contributed by atoms with Gasteiger partial charge in [0.1, 0.15) is 5.75 Å². The number of likely N-dealkylation sites (tertiary alicyclic amines) is 1. The Morgan fingerprint density at radius 3 is 3.14 bits per heavy atom. The molecule has 4 nitrogen and oxygen atoms in total. The average Bonchev–Trinajstić information content (AvgIpc) is 2.54. The minimum absolute atomic E-state index is 0.0817. The lowest BCUT2D eigenvalue weighted by molar-refractivity contribution is -0.115. The topological polar surface area (TPSA) is 45.5 Å². The summed E-state index contributed by atoms with van der Waals surface area (Å²) in [7, 11) is 1.72. The third-order valence-corrected chi connectivity index (χ3v) is 5.57. The molecule has 0 aromatic heterocycles. The second kappa shape index (κ2) is 4.64. The third kappa shape index (κ3) is 1.70. The van der Waals surface area contributed by atoms with Crippen molar-refractivity contribution in [2.24, 2.45) is 0 Å². The van der Waals surface area contributed by atoms with Crippen LogP contribution in [0.5, 0.6) is 5.75 Å². The van der Waals surface area contributed by atoms with Gasteiger partial charge in [0.2, 0.25) is 0 Å². The van der Waals surface area contributed by atoms with Gasteiger partial charge < -0.3 is 14.4 Å². The quantitative estimate of drug-likeness (QED) is 0.742. The maximum Gasteiger partial charge on any atom is 0.179 e. The van der Waals surface area contributed by atoms with E-state index in [9.17, 15) is 5.26 Å². The predicted molar refractivity (Wildman–Crippen MR) is 78.1 cm³/mol. The molecule has 1 aromatic carbocycles. The molecular weight excluding hydrogens is 264 g/mol. The minimum Gasteiger partial charge on any atom is -0.497 e. The highest BCUT2D eigenvalue weighted by Gasteiger charge is 2.55. The zero-order valence-corrected chi connectivity index (χ0v) is 12.3. The Hall–Kier alpha value is -1.73. The molecule has 0 spiro atoms. The number of hydrogen-bond acceptors (Lipinski definition) is 4. The summed E-state index contributed by atoms with van der Waals surface area (Å²) in [6.45, 7) is 1.67. The van der Waals surface area contributed by atoms with Gasteiger partial charge in [-0.1, -0.05) is 6.07 Å². The smallest absolute Gasteiger partial charge is 0.179 e. The molecule has 0 amide bonds. The summed E-state index contributed by atoms with van der Waals surface area (Å²) in [5.74, 6) is 0.925. The van der Waals surface area contributed by atoms with E-state index in [1.165, 1.54) is 11.1 Å². The molecule has 2 saturated heterocycles. The highest BCUT2D eigenvalue weighted by Crippen LogP contribution is 2.51. The van der Waals surface area contributed by atoms with E-state index in [4.69, 9.17) is 9.47 Å². The molecule has 1 aromatic rings. The van der Waals surface area contributed by atoms with Gasteiger partial charge >= 0.3 is 0 Å². The summed E-state index contributed by atoms with van der Waals surface area (Å²) in [4.78, 5) is 1.93. The van der Waals surface area contributed by atoms with Gasteiger partial charge in [-0.05, 0) is 48.9 Å². The van der Waals surface area contributed by atoms with Crippen LogP contribution < -0.4 is 4.74 Å². The standard InChI is InChI=1S/C17H20N2O2/c1-20-13-4-3-12-9-15-16-17(14(12)10-13,5-2-8-21-16)6-7-19(15)11-18/h3-4,10,15-16H,2,5-9H2,1H3/t15-,16+,17+/m1/s1. The van der Waals surface area contributed by atoms with Crippen LogP contribution in [0.25, 0.3) is 0 Å². The maximum atomic E-state index is 9.42. The van der Waals surface area contributed by atoms with E-state index in [2.05, 4.69) is 18.3 Å². The molecule has 4 rings (SSSR count). The van der Waals surface area contributed by atoms with Crippen molar-refractivity contribution in [3.63, 3.8) is 0 Å². The van der Waals surface area contributed by atoms with Crippen molar-refractivity contribution in [1.29, 1.82) is 5.26 Å². The van der Waals surface area contributed by atoms with Gasteiger partial charge in [-0.3, -0.25) is 0 Å². The van der Waals surface area contributed by atoms with E-state index in [1.54, 1.807) is 7.11 Å². The first-order valence-corrected chi connectivity index (χ1v) is 7.74. The van der Waals surface area contributed by atoms with Crippen LogP contribution in [0, 0.1) is 11.5 Å². The number of ether oxygens (including phenoxy) is 2. The summed E-state index contributed by atoms with van der Waals surface area (Å²) < 4.78 is 11.6. The molecule has 2 bridgehead atoms. The first kappa shape index (κ1) is 13.0. The fourth-order valence-electron chi connectivity index (χ4n) is 4.61. The van der Waals surface area contributed by atoms with Crippen LogP contribution in [0.1, 0.15) is 30.4 Å². The van der Waals surface area contributed by atoms with Crippen LogP contribution in [-0.2, 0) is 16.6 Å². The van der Waals surface area contributed by atoms with Crippen LogP contribution in [0.2, 0.25) is 0 Å². The SMILES string of the molecule is COc1ccc2c(c1)[C@@]13CCCO[C@H]1[C@@H](C2)N(C#N)CC3. The van der Waals surface area contributed by atoms with Gasteiger partial charge in [0.05, 0.1) is 19.3 Å². The fraction of sp³-hybridized carbons (Fsp3) is 0.588. The zero-order chi connectivity index (χ0) is 14.4. The Balaban J connectivity index is 1.87. The Morgan fingerprint density at radius 1 is 1.43 bits per heavy atom. The number of benzene rings is 1. The summed E-state index contributed by atoms with van der Waals surface area (Å²) in [5.41, 5.74) is 2.85. The van der Waals surface area contributed by atoms with Gasteiger partial charge in [-0.2, -0.15) is 5.26 Å². The number of rotatable bonds is 1. The van der Waals surface area contributed by atoms with Gasteiger partial charge in [0.15, 0.2) is 6.19 Å². The second-order valence-electron chi connectivity index (χ2n) is 6.39. The molecule has 2 aliphatic heterocycles. The van der Waals surface area contributed by atoms with Crippen molar-refractivity contribution in [3.8, 4) is 11.9 Å². The van der Waals surface area contributed by atoms with E-state index < -0.39 is 0 Å². The lowest BCUT2D eigenvalue weighted by atomic mass is 9.59. The molecule has 2 heterocycles. The largest absolute Gasteiger partial charge is 0.497 e. The minimum atomic E-state index is 0.0817. The van der Waals surface area contributed by atoms with Gasteiger partial charge in [-0.25, -0.2) is 0 Å². The van der Waals surface area contributed by atoms with Crippen LogP contribution in [0.3, 0.4) is 0 Å². The number of fused-ring (bicyclic) bond motifs is 1. The maximum absolute atomic E-state index is 9.42. The van der Waals surface area contributed by atoms with E-state index in [-0.39, 0.29) is 17.6 Å². The molecule has 21 heavy (non-hydrogen) atoms. The Morgan fingerprint density at radius 2 is 2.33 bits per heavy atom. The lowest BCUT2D eigenvalue weighted by Crippen LogP contribution is -2.64. The molecule has 110 valence electrons. The molecule has 0 unspecified atom stereocenters. The first-order valence-electron chi connectivity index (χ1n) is 7.74. The van der Waals surface area contributed by atoms with Gasteiger partial charge in [-0.15, -0.1) is 0 Å². The molecule has 3 aliphatic rings. The number of hydrogen-bond donors (Lipinski definition) is 0. The Labute approximate surface area is 125 Å². The molecular formula is C17H20N2O2. The van der Waals surface area contributed by atoms with Crippen molar-refractivity contribution in [2.75, 3.05) is 20.3 Å². The Kier molecular flexibility index (Phi) is 2.87. The summed E-state index contributed by atoms with van der Waals surface area (Å²) in [5, 5.41) is 9.42. The lowest BCUT2D eigenvalue weighted by Gasteiger charge is -2.57. The molecule has 0 saturated carbocycles. The summed E-state index contributed by atoms with van der Waals surface area (Å²) >= 11 is 0. The molecule has 0 N–H and O–H groups in total. The normalized spacial score (nSPS) is 33.6. The fourth-order valence-corrected chi connectivity index (χ4v) is 4.61. The highest BCUT2D eigenvalue weighted by atomic mass is 16.5. The van der Waals surface area contributed by atoms with Crippen molar-refractivity contribution in [1.82, 2.24) is 4.90 Å². The zero-order valence-electron chi connectivity index (χ0n) is 12.3. The van der Waals surface area contributed by atoms with Gasteiger partial charge in [0, 0.05) is 18.6 Å². The van der Waals surface area contributed by atoms with Gasteiger partial charge in [0.25, 0.3) is 0 Å². The van der Waals surface area contributed by atoms with Crippen molar-refractivity contribution < 1.29 is 9.47 Å². The van der Waals surface area contributed by atoms with Crippen LogP contribution in [0.4, 0.5) is 0 Å². The number of piperidine rings is 1. The van der Waals surface area contributed by atoms with Crippen LogP contribution >= 0.6 is 0 Å². The third-order valence-electron chi connectivity index (χ3n) is 5.57. The van der Waals surface area contributed by atoms with E-state index in [0.717, 1.165) is 44.6 Å². The predicted octanol–water partition coefficient (Wildman–Crippen LogP) is 2.22. The second-order valence-corrected chi connectivity index (χ2v) is 6.39. The average molecular weight is 284 g/mol. The first-order chi connectivity index (χ1) is 10.3. The highest BCUT2D eigenvalue weighted by molar-refractivity contribution is 5.46. The number of nitriles is 1. The molecule has 1 aliphatic carbocycles. The molecule has 4 heteroatoms. The molecule has 0 radical (unpaired) electrons. The van der Waals surface area contributed by atoms with E-state index >= 15 is 0 Å². The molecule has 3 atom stereocenters. The Bertz CT molecular complexity index is 609. The van der Waals surface area contributed by atoms with Crippen molar-refractivity contribution >= 4 is 0 Å². The number of methoxy groups -OCH3 is 1. The van der Waals surface area contributed by atoms with E-state index in [1.807, 2.05) is 11.0 Å².